The molecule has 0 fully saturated rings. The lowest BCUT2D eigenvalue weighted by Crippen LogP contribution is -2.38. The summed E-state index contributed by atoms with van der Waals surface area (Å²) in [4.78, 5) is 47.3. The first-order valence-corrected chi connectivity index (χ1v) is 10.1. The summed E-state index contributed by atoms with van der Waals surface area (Å²) < 4.78 is 66.8. The lowest BCUT2D eigenvalue weighted by atomic mass is 10.2. The smallest absolute Gasteiger partial charge is 0.387 e. The van der Waals surface area contributed by atoms with Crippen molar-refractivity contribution >= 4 is 23.8 Å². The van der Waals surface area contributed by atoms with E-state index in [1.165, 1.54) is 36.4 Å². The van der Waals surface area contributed by atoms with E-state index in [2.05, 4.69) is 20.1 Å². The number of esters is 2. The summed E-state index contributed by atoms with van der Waals surface area (Å²) in [6.45, 7) is -7.58. The van der Waals surface area contributed by atoms with Gasteiger partial charge in [-0.1, -0.05) is 12.1 Å². The number of carbonyl (C=O) groups excluding carboxylic acids is 4. The summed E-state index contributed by atoms with van der Waals surface area (Å²) in [5.41, 5.74) is -0.202. The van der Waals surface area contributed by atoms with Crippen LogP contribution in [0.25, 0.3) is 0 Å². The quantitative estimate of drug-likeness (QED) is 0.235. The van der Waals surface area contributed by atoms with E-state index in [0.717, 1.165) is 12.1 Å². The van der Waals surface area contributed by atoms with Crippen LogP contribution in [0.4, 0.5) is 17.6 Å². The van der Waals surface area contributed by atoms with E-state index in [1.54, 1.807) is 0 Å². The van der Waals surface area contributed by atoms with Crippen LogP contribution in [0.15, 0.2) is 48.5 Å². The summed E-state index contributed by atoms with van der Waals surface area (Å²) in [7, 11) is 0. The lowest BCUT2D eigenvalue weighted by Gasteiger charge is -2.09. The van der Waals surface area contributed by atoms with Gasteiger partial charge in [0, 0.05) is 13.1 Å². The number of amides is 2. The number of benzene rings is 2. The van der Waals surface area contributed by atoms with Gasteiger partial charge in [-0.25, -0.2) is 9.59 Å². The standard InChI is InChI=1S/C22H20F4N2O8/c23-21(24)35-15-5-1-3-13(9-15)19(31)33-11-17(29)27-7-8-28-18(30)12-34-20(32)14-4-2-6-16(10-14)36-22(25)26/h1-6,9-10,21-22H,7-8,11-12H2,(H,27,29)(H,28,30). The van der Waals surface area contributed by atoms with Gasteiger partial charge in [-0.3, -0.25) is 9.59 Å². The third-order valence-corrected chi connectivity index (χ3v) is 4.03. The Bertz CT molecular complexity index is 984. The molecule has 2 rings (SSSR count). The van der Waals surface area contributed by atoms with Gasteiger partial charge in [0.15, 0.2) is 13.2 Å². The Balaban J connectivity index is 1.63. The first-order chi connectivity index (χ1) is 17.1. The molecule has 2 N–H and O–H groups in total. The Morgan fingerprint density at radius 2 is 1.06 bits per heavy atom. The molecule has 10 nitrogen and oxygen atoms in total. The normalized spacial score (nSPS) is 10.5. The highest BCUT2D eigenvalue weighted by atomic mass is 19.3. The van der Waals surface area contributed by atoms with Crippen LogP contribution in [0, 0.1) is 0 Å². The molecule has 0 aliphatic heterocycles. The second-order valence-corrected chi connectivity index (χ2v) is 6.66. The van der Waals surface area contributed by atoms with Crippen molar-refractivity contribution in [3.05, 3.63) is 59.7 Å². The molecule has 0 aromatic heterocycles. The molecule has 0 aliphatic rings. The summed E-state index contributed by atoms with van der Waals surface area (Å²) in [6, 6.07) is 9.66. The minimum Gasteiger partial charge on any atom is -0.452 e. The average Bonchev–Trinajstić information content (AvgIpc) is 2.83. The van der Waals surface area contributed by atoms with Crippen LogP contribution in [0.2, 0.25) is 0 Å². The predicted molar refractivity (Wildman–Crippen MR) is 113 cm³/mol. The number of hydrogen-bond acceptors (Lipinski definition) is 8. The molecule has 194 valence electrons. The minimum absolute atomic E-state index is 0.0548. The fraction of sp³-hybridized carbons (Fsp3) is 0.273. The highest BCUT2D eigenvalue weighted by Gasteiger charge is 2.14. The molecule has 0 spiro atoms. The highest BCUT2D eigenvalue weighted by molar-refractivity contribution is 5.92. The van der Waals surface area contributed by atoms with Gasteiger partial charge in [0.2, 0.25) is 0 Å². The Morgan fingerprint density at radius 1 is 0.667 bits per heavy atom. The molecule has 0 heterocycles. The third-order valence-electron chi connectivity index (χ3n) is 4.03. The zero-order chi connectivity index (χ0) is 26.5. The number of halogens is 4. The zero-order valence-corrected chi connectivity index (χ0v) is 18.4. The van der Waals surface area contributed by atoms with E-state index < -0.39 is 50.2 Å². The molecule has 2 amide bonds. The van der Waals surface area contributed by atoms with Crippen molar-refractivity contribution in [3.63, 3.8) is 0 Å². The first-order valence-electron chi connectivity index (χ1n) is 10.1. The zero-order valence-electron chi connectivity index (χ0n) is 18.4. The number of alkyl halides is 4. The molecule has 0 radical (unpaired) electrons. The Morgan fingerprint density at radius 3 is 1.42 bits per heavy atom. The van der Waals surface area contributed by atoms with Crippen LogP contribution in [0.5, 0.6) is 11.5 Å². The number of rotatable bonds is 13. The molecule has 0 bridgehead atoms. The number of carbonyl (C=O) groups is 4. The van der Waals surface area contributed by atoms with E-state index in [1.807, 2.05) is 0 Å². The summed E-state index contributed by atoms with van der Waals surface area (Å²) in [6.07, 6.45) is 0. The Kier molecular flexibility index (Phi) is 10.9. The van der Waals surface area contributed by atoms with Crippen molar-refractivity contribution in [2.45, 2.75) is 13.2 Å². The predicted octanol–water partition coefficient (Wildman–Crippen LogP) is 2.14. The first kappa shape index (κ1) is 27.9. The lowest BCUT2D eigenvalue weighted by molar-refractivity contribution is -0.125. The van der Waals surface area contributed by atoms with Crippen LogP contribution in [-0.4, -0.2) is 63.3 Å². The second kappa shape index (κ2) is 14.1. The molecule has 0 aliphatic carbocycles. The van der Waals surface area contributed by atoms with Crippen molar-refractivity contribution in [1.82, 2.24) is 10.6 Å². The molecule has 0 unspecified atom stereocenters. The molecular formula is C22H20F4N2O8. The molecular weight excluding hydrogens is 496 g/mol. The maximum atomic E-state index is 12.2. The molecule has 2 aromatic carbocycles. The SMILES string of the molecule is O=C(COC(=O)c1cccc(OC(F)F)c1)NCCNC(=O)COC(=O)c1cccc(OC(F)F)c1. The topological polar surface area (TPSA) is 129 Å². The van der Waals surface area contributed by atoms with Crippen molar-refractivity contribution < 1.29 is 55.7 Å². The van der Waals surface area contributed by atoms with Crippen LogP contribution >= 0.6 is 0 Å². The number of ether oxygens (including phenoxy) is 4. The molecule has 0 saturated heterocycles. The van der Waals surface area contributed by atoms with Gasteiger partial charge in [0.25, 0.3) is 11.8 Å². The van der Waals surface area contributed by atoms with Crippen LogP contribution in [0.1, 0.15) is 20.7 Å². The molecule has 0 saturated carbocycles. The fourth-order valence-electron chi connectivity index (χ4n) is 2.53. The molecule has 2 aromatic rings. The van der Waals surface area contributed by atoms with Gasteiger partial charge >= 0.3 is 25.2 Å². The van der Waals surface area contributed by atoms with Gasteiger partial charge < -0.3 is 29.6 Å². The second-order valence-electron chi connectivity index (χ2n) is 6.66. The fourth-order valence-corrected chi connectivity index (χ4v) is 2.53. The van der Waals surface area contributed by atoms with Gasteiger partial charge in [-0.05, 0) is 36.4 Å². The largest absolute Gasteiger partial charge is 0.452 e. The van der Waals surface area contributed by atoms with Crippen molar-refractivity contribution in [1.29, 1.82) is 0 Å². The van der Waals surface area contributed by atoms with E-state index >= 15 is 0 Å². The van der Waals surface area contributed by atoms with Crippen LogP contribution in [-0.2, 0) is 19.1 Å². The van der Waals surface area contributed by atoms with Gasteiger partial charge in [-0.15, -0.1) is 0 Å². The van der Waals surface area contributed by atoms with Gasteiger partial charge in [-0.2, -0.15) is 17.6 Å². The average molecular weight is 516 g/mol. The summed E-state index contributed by atoms with van der Waals surface area (Å²) in [5, 5.41) is 4.71. The number of nitrogens with one attached hydrogen (secondary N) is 2. The number of hydrogen-bond donors (Lipinski definition) is 2. The maximum absolute atomic E-state index is 12.2. The van der Waals surface area contributed by atoms with E-state index in [-0.39, 0.29) is 35.7 Å². The minimum atomic E-state index is -3.07. The van der Waals surface area contributed by atoms with Gasteiger partial charge in [0.1, 0.15) is 11.5 Å². The van der Waals surface area contributed by atoms with E-state index in [0.29, 0.717) is 0 Å². The summed E-state index contributed by atoms with van der Waals surface area (Å²) >= 11 is 0. The Hall–Kier alpha value is -4.36. The third kappa shape index (κ3) is 10.3. The molecule has 0 atom stereocenters. The monoisotopic (exact) mass is 516 g/mol. The highest BCUT2D eigenvalue weighted by Crippen LogP contribution is 2.17. The Labute approximate surface area is 201 Å². The van der Waals surface area contributed by atoms with Gasteiger partial charge in [0.05, 0.1) is 11.1 Å². The van der Waals surface area contributed by atoms with E-state index in [4.69, 9.17) is 9.47 Å². The van der Waals surface area contributed by atoms with E-state index in [9.17, 15) is 36.7 Å². The maximum Gasteiger partial charge on any atom is 0.387 e. The summed E-state index contributed by atoms with van der Waals surface area (Å²) in [5.74, 6) is -3.78. The van der Waals surface area contributed by atoms with Crippen LogP contribution in [0.3, 0.4) is 0 Å². The van der Waals surface area contributed by atoms with Crippen molar-refractivity contribution in [2.24, 2.45) is 0 Å². The van der Waals surface area contributed by atoms with Crippen molar-refractivity contribution in [3.8, 4) is 11.5 Å². The van der Waals surface area contributed by atoms with Crippen molar-refractivity contribution in [2.75, 3.05) is 26.3 Å². The van der Waals surface area contributed by atoms with Crippen LogP contribution < -0.4 is 20.1 Å². The molecule has 36 heavy (non-hydrogen) atoms. The molecule has 14 heteroatoms.